The molecule has 3 saturated heterocycles. The molecule has 5 rings (SSSR count). The summed E-state index contributed by atoms with van der Waals surface area (Å²) >= 11 is 0. The second-order valence-electron chi connectivity index (χ2n) is 14.3. The highest BCUT2D eigenvalue weighted by Crippen LogP contribution is 2.51. The Morgan fingerprint density at radius 1 is 0.703 bits per heavy atom. The van der Waals surface area contributed by atoms with Crippen molar-refractivity contribution in [3.63, 3.8) is 0 Å². The Morgan fingerprint density at radius 2 is 1.30 bits per heavy atom. The lowest BCUT2D eigenvalue weighted by molar-refractivity contribution is -0.124. The lowest BCUT2D eigenvalue weighted by atomic mass is 9.59. The number of likely N-dealkylation sites (N-methyl/N-ethyl adjacent to an activating group) is 1. The number of hydrogen-bond donors (Lipinski definition) is 0. The molecule has 2 saturated carbocycles. The zero-order valence-corrected chi connectivity index (χ0v) is 25.9. The first-order valence-corrected chi connectivity index (χ1v) is 16.8. The average Bonchev–Trinajstić information content (AvgIpc) is 2.88. The highest BCUT2D eigenvalue weighted by atomic mass is 15.3. The van der Waals surface area contributed by atoms with Crippen molar-refractivity contribution in [3.05, 3.63) is 0 Å². The Bertz CT molecular complexity index is 627. The Balaban J connectivity index is 0.000000173. The Kier molecular flexibility index (Phi) is 11.2. The molecule has 3 aliphatic heterocycles. The summed E-state index contributed by atoms with van der Waals surface area (Å²) in [5.41, 5.74) is 0.747. The molecule has 5 aliphatic rings. The Hall–Kier alpha value is -0.160. The van der Waals surface area contributed by atoms with Crippen molar-refractivity contribution >= 4 is 0 Å². The van der Waals surface area contributed by atoms with Gasteiger partial charge in [-0.1, -0.05) is 40.5 Å². The normalized spacial score (nSPS) is 31.5. The highest BCUT2D eigenvalue weighted by molar-refractivity contribution is 5.08. The Labute approximate surface area is 231 Å². The van der Waals surface area contributed by atoms with E-state index >= 15 is 0 Å². The SMILES string of the molecule is CCC(C)C1CCC(CN2CCN(CC)CC2)CC1.CCC1CCN(C2CC3(C2)CN(C(C)C)C3)CC1. The maximum Gasteiger partial charge on any atom is 0.0110 e. The van der Waals surface area contributed by atoms with E-state index in [4.69, 9.17) is 0 Å². The molecule has 2 aliphatic carbocycles. The monoisotopic (exact) mass is 517 g/mol. The van der Waals surface area contributed by atoms with E-state index in [-0.39, 0.29) is 0 Å². The molecule has 0 radical (unpaired) electrons. The van der Waals surface area contributed by atoms with Gasteiger partial charge in [-0.05, 0) is 114 Å². The van der Waals surface area contributed by atoms with Gasteiger partial charge in [0, 0.05) is 57.9 Å². The minimum absolute atomic E-state index is 0.747. The Morgan fingerprint density at radius 3 is 1.81 bits per heavy atom. The molecule has 1 atom stereocenters. The van der Waals surface area contributed by atoms with Crippen molar-refractivity contribution in [1.29, 1.82) is 0 Å². The fourth-order valence-electron chi connectivity index (χ4n) is 8.29. The van der Waals surface area contributed by atoms with Crippen LogP contribution in [0.5, 0.6) is 0 Å². The van der Waals surface area contributed by atoms with E-state index in [2.05, 4.69) is 61.1 Å². The molecule has 0 aromatic carbocycles. The lowest BCUT2D eigenvalue weighted by Gasteiger charge is -2.62. The maximum atomic E-state index is 2.80. The van der Waals surface area contributed by atoms with E-state index in [0.29, 0.717) is 0 Å². The number of hydrogen-bond acceptors (Lipinski definition) is 4. The van der Waals surface area contributed by atoms with E-state index < -0.39 is 0 Å². The molecule has 5 fully saturated rings. The van der Waals surface area contributed by atoms with Crippen LogP contribution in [0.3, 0.4) is 0 Å². The minimum Gasteiger partial charge on any atom is -0.301 e. The van der Waals surface area contributed by atoms with Crippen molar-refractivity contribution in [2.45, 2.75) is 118 Å². The van der Waals surface area contributed by atoms with Crippen LogP contribution in [0, 0.1) is 29.1 Å². The van der Waals surface area contributed by atoms with Crippen LogP contribution in [-0.2, 0) is 0 Å². The summed E-state index contributed by atoms with van der Waals surface area (Å²) in [6, 6.07) is 1.70. The molecule has 37 heavy (non-hydrogen) atoms. The first-order chi connectivity index (χ1) is 17.8. The fourth-order valence-corrected chi connectivity index (χ4v) is 8.29. The third kappa shape index (κ3) is 7.95. The molecule has 0 amide bonds. The smallest absolute Gasteiger partial charge is 0.0110 e. The van der Waals surface area contributed by atoms with Gasteiger partial charge in [0.1, 0.15) is 0 Å². The van der Waals surface area contributed by atoms with Crippen LogP contribution < -0.4 is 0 Å². The van der Waals surface area contributed by atoms with Gasteiger partial charge in [-0.25, -0.2) is 0 Å². The van der Waals surface area contributed by atoms with Crippen LogP contribution in [0.2, 0.25) is 0 Å². The summed E-state index contributed by atoms with van der Waals surface area (Å²) in [5.74, 6) is 4.00. The van der Waals surface area contributed by atoms with Gasteiger partial charge in [-0.3, -0.25) is 4.90 Å². The molecule has 1 unspecified atom stereocenters. The molecule has 0 aromatic rings. The average molecular weight is 517 g/mol. The van der Waals surface area contributed by atoms with E-state index in [1.54, 1.807) is 0 Å². The number of piperidine rings is 1. The van der Waals surface area contributed by atoms with Crippen molar-refractivity contribution in [3.8, 4) is 0 Å². The van der Waals surface area contributed by atoms with Gasteiger partial charge in [0.2, 0.25) is 0 Å². The van der Waals surface area contributed by atoms with Gasteiger partial charge in [-0.15, -0.1) is 0 Å². The van der Waals surface area contributed by atoms with E-state index in [1.165, 1.54) is 130 Å². The summed E-state index contributed by atoms with van der Waals surface area (Å²) in [4.78, 5) is 10.7. The summed E-state index contributed by atoms with van der Waals surface area (Å²) in [6.07, 6.45) is 14.6. The van der Waals surface area contributed by atoms with Gasteiger partial charge in [0.05, 0.1) is 0 Å². The molecule has 0 bridgehead atoms. The van der Waals surface area contributed by atoms with Crippen molar-refractivity contribution in [2.75, 3.05) is 65.4 Å². The summed E-state index contributed by atoms with van der Waals surface area (Å²) in [5, 5.41) is 0. The molecule has 1 spiro atoms. The highest BCUT2D eigenvalue weighted by Gasteiger charge is 2.54. The third-order valence-corrected chi connectivity index (χ3v) is 11.7. The summed E-state index contributed by atoms with van der Waals surface area (Å²) in [6.45, 7) is 27.4. The van der Waals surface area contributed by atoms with Gasteiger partial charge in [0.25, 0.3) is 0 Å². The second-order valence-corrected chi connectivity index (χ2v) is 14.3. The van der Waals surface area contributed by atoms with Crippen LogP contribution in [0.1, 0.15) is 106 Å². The van der Waals surface area contributed by atoms with Crippen molar-refractivity contribution in [1.82, 2.24) is 19.6 Å². The standard InChI is InChI=1S/C17H34N2.C16H30N2/c1-4-15(3)17-8-6-16(7-9-17)14-19-12-10-18(5-2)11-13-19;1-4-14-5-7-17(8-6-14)15-9-16(10-15)11-18(12-16)13(2)3/h15-17H,4-14H2,1-3H3;13-15H,4-12H2,1-3H3. The van der Waals surface area contributed by atoms with Gasteiger partial charge < -0.3 is 14.7 Å². The van der Waals surface area contributed by atoms with E-state index in [9.17, 15) is 0 Å². The number of likely N-dealkylation sites (tertiary alicyclic amines) is 2. The van der Waals surface area contributed by atoms with Crippen LogP contribution >= 0.6 is 0 Å². The van der Waals surface area contributed by atoms with Crippen LogP contribution in [0.15, 0.2) is 0 Å². The van der Waals surface area contributed by atoms with Crippen molar-refractivity contribution < 1.29 is 0 Å². The zero-order valence-electron chi connectivity index (χ0n) is 25.9. The number of piperazine rings is 1. The quantitative estimate of drug-likeness (QED) is 0.367. The summed E-state index contributed by atoms with van der Waals surface area (Å²) < 4.78 is 0. The van der Waals surface area contributed by atoms with Crippen LogP contribution in [-0.4, -0.2) is 97.1 Å². The van der Waals surface area contributed by atoms with Crippen molar-refractivity contribution in [2.24, 2.45) is 29.1 Å². The zero-order chi connectivity index (χ0) is 26.4. The molecular formula is C33H64N4. The van der Waals surface area contributed by atoms with Gasteiger partial charge in [-0.2, -0.15) is 0 Å². The van der Waals surface area contributed by atoms with Gasteiger partial charge in [0.15, 0.2) is 0 Å². The minimum atomic E-state index is 0.747. The molecular weight excluding hydrogens is 452 g/mol. The van der Waals surface area contributed by atoms with Crippen LogP contribution in [0.4, 0.5) is 0 Å². The molecule has 0 aromatic heterocycles. The third-order valence-electron chi connectivity index (χ3n) is 11.7. The molecule has 4 nitrogen and oxygen atoms in total. The number of nitrogens with zero attached hydrogens (tertiary/aromatic N) is 4. The van der Waals surface area contributed by atoms with E-state index in [1.807, 2.05) is 0 Å². The van der Waals surface area contributed by atoms with Crippen LogP contribution in [0.25, 0.3) is 0 Å². The predicted octanol–water partition coefficient (Wildman–Crippen LogP) is 6.46. The lowest BCUT2D eigenvalue weighted by Crippen LogP contribution is -2.68. The maximum absolute atomic E-state index is 2.80. The first kappa shape index (κ1) is 29.8. The molecule has 216 valence electrons. The largest absolute Gasteiger partial charge is 0.301 e. The van der Waals surface area contributed by atoms with E-state index in [0.717, 1.165) is 41.2 Å². The number of rotatable bonds is 8. The molecule has 4 heteroatoms. The molecule has 3 heterocycles. The van der Waals surface area contributed by atoms with Gasteiger partial charge >= 0.3 is 0 Å². The fraction of sp³-hybridized carbons (Fsp3) is 1.00. The summed E-state index contributed by atoms with van der Waals surface area (Å²) in [7, 11) is 0. The topological polar surface area (TPSA) is 13.0 Å². The first-order valence-electron chi connectivity index (χ1n) is 16.8. The predicted molar refractivity (Wildman–Crippen MR) is 160 cm³/mol. The second kappa shape index (κ2) is 14.0. The molecule has 0 N–H and O–H groups in total.